The highest BCUT2D eigenvalue weighted by Gasteiger charge is 2.24. The normalized spacial score (nSPS) is 10.8. The van der Waals surface area contributed by atoms with Gasteiger partial charge in [0.25, 0.3) is 5.91 Å². The molecular formula is C17H20FNO3S. The first-order valence-electron chi connectivity index (χ1n) is 7.62. The van der Waals surface area contributed by atoms with E-state index in [1.54, 1.807) is 26.0 Å². The number of rotatable bonds is 6. The molecule has 0 aliphatic heterocycles. The standard InChI is InChI=1S/C17H20FNO3S/c1-4-9-19(10-14(20)22-5-2)17(21)16-11(3)15-12(18)7-6-8-13(15)23-16/h6-8H,4-5,9-10H2,1-3H3. The second-order valence-electron chi connectivity index (χ2n) is 5.20. The monoisotopic (exact) mass is 337 g/mol. The van der Waals surface area contributed by atoms with Gasteiger partial charge in [0, 0.05) is 16.6 Å². The Morgan fingerprint density at radius 1 is 1.30 bits per heavy atom. The summed E-state index contributed by atoms with van der Waals surface area (Å²) in [5.74, 6) is -1.01. The Hall–Kier alpha value is -1.95. The van der Waals surface area contributed by atoms with Crippen molar-refractivity contribution >= 4 is 33.3 Å². The van der Waals surface area contributed by atoms with Crippen molar-refractivity contribution in [1.29, 1.82) is 0 Å². The number of carbonyl (C=O) groups excluding carboxylic acids is 2. The van der Waals surface area contributed by atoms with Crippen LogP contribution in [0.3, 0.4) is 0 Å². The smallest absolute Gasteiger partial charge is 0.325 e. The van der Waals surface area contributed by atoms with Crippen LogP contribution in [0.5, 0.6) is 0 Å². The Morgan fingerprint density at radius 3 is 2.65 bits per heavy atom. The SMILES string of the molecule is CCCN(CC(=O)OCC)C(=O)c1sc2cccc(F)c2c1C. The second kappa shape index (κ2) is 7.55. The summed E-state index contributed by atoms with van der Waals surface area (Å²) in [6.45, 7) is 6.04. The molecule has 0 aliphatic rings. The van der Waals surface area contributed by atoms with Gasteiger partial charge in [0.1, 0.15) is 12.4 Å². The molecule has 1 aromatic carbocycles. The van der Waals surface area contributed by atoms with Crippen LogP contribution in [0.25, 0.3) is 10.1 Å². The lowest BCUT2D eigenvalue weighted by Gasteiger charge is -2.20. The third-order valence-electron chi connectivity index (χ3n) is 3.50. The Morgan fingerprint density at radius 2 is 2.04 bits per heavy atom. The average Bonchev–Trinajstić information content (AvgIpc) is 2.85. The molecule has 0 spiro atoms. The van der Waals surface area contributed by atoms with E-state index in [0.717, 1.165) is 11.1 Å². The van der Waals surface area contributed by atoms with Gasteiger partial charge in [0.05, 0.1) is 11.5 Å². The third-order valence-corrected chi connectivity index (χ3v) is 4.75. The first kappa shape index (κ1) is 17.4. The van der Waals surface area contributed by atoms with Gasteiger partial charge in [-0.3, -0.25) is 9.59 Å². The topological polar surface area (TPSA) is 46.6 Å². The molecule has 0 bridgehead atoms. The molecule has 1 heterocycles. The zero-order valence-electron chi connectivity index (χ0n) is 13.5. The molecule has 0 atom stereocenters. The average molecular weight is 337 g/mol. The van der Waals surface area contributed by atoms with Gasteiger partial charge in [0.15, 0.2) is 0 Å². The Bertz CT molecular complexity index is 726. The third kappa shape index (κ3) is 3.69. The molecule has 124 valence electrons. The predicted molar refractivity (Wildman–Crippen MR) is 89.3 cm³/mol. The van der Waals surface area contributed by atoms with E-state index in [4.69, 9.17) is 4.74 Å². The van der Waals surface area contributed by atoms with Crippen molar-refractivity contribution in [2.75, 3.05) is 19.7 Å². The van der Waals surface area contributed by atoms with Gasteiger partial charge in [-0.15, -0.1) is 11.3 Å². The summed E-state index contributed by atoms with van der Waals surface area (Å²) in [7, 11) is 0. The summed E-state index contributed by atoms with van der Waals surface area (Å²) >= 11 is 1.26. The van der Waals surface area contributed by atoms with Crippen molar-refractivity contribution < 1.29 is 18.7 Å². The number of fused-ring (bicyclic) bond motifs is 1. The number of carbonyl (C=O) groups is 2. The number of benzene rings is 1. The van der Waals surface area contributed by atoms with E-state index in [-0.39, 0.29) is 24.9 Å². The predicted octanol–water partition coefficient (Wildman–Crippen LogP) is 3.76. The molecule has 0 N–H and O–H groups in total. The van der Waals surface area contributed by atoms with Crippen LogP contribution in [0, 0.1) is 12.7 Å². The largest absolute Gasteiger partial charge is 0.465 e. The first-order chi connectivity index (χ1) is 11.0. The second-order valence-corrected chi connectivity index (χ2v) is 6.25. The number of hydrogen-bond acceptors (Lipinski definition) is 4. The van der Waals surface area contributed by atoms with E-state index >= 15 is 0 Å². The summed E-state index contributed by atoms with van der Waals surface area (Å²) in [5.41, 5.74) is 0.623. The lowest BCUT2D eigenvalue weighted by atomic mass is 10.1. The van der Waals surface area contributed by atoms with E-state index in [1.807, 2.05) is 6.92 Å². The van der Waals surface area contributed by atoms with Crippen molar-refractivity contribution in [3.63, 3.8) is 0 Å². The molecule has 1 amide bonds. The lowest BCUT2D eigenvalue weighted by molar-refractivity contribution is -0.143. The summed E-state index contributed by atoms with van der Waals surface area (Å²) < 4.78 is 19.6. The molecule has 0 saturated heterocycles. The number of hydrogen-bond donors (Lipinski definition) is 0. The molecule has 2 rings (SSSR count). The molecule has 0 radical (unpaired) electrons. The Balaban J connectivity index is 2.34. The molecule has 2 aromatic rings. The van der Waals surface area contributed by atoms with Crippen LogP contribution >= 0.6 is 11.3 Å². The van der Waals surface area contributed by atoms with Crippen LogP contribution in [0.4, 0.5) is 4.39 Å². The quantitative estimate of drug-likeness (QED) is 0.754. The van der Waals surface area contributed by atoms with Crippen LogP contribution in [0.15, 0.2) is 18.2 Å². The maximum Gasteiger partial charge on any atom is 0.325 e. The van der Waals surface area contributed by atoms with Crippen LogP contribution in [-0.2, 0) is 9.53 Å². The van der Waals surface area contributed by atoms with E-state index in [0.29, 0.717) is 22.4 Å². The van der Waals surface area contributed by atoms with Crippen molar-refractivity contribution in [1.82, 2.24) is 4.90 Å². The number of nitrogens with zero attached hydrogens (tertiary/aromatic N) is 1. The Kier molecular flexibility index (Phi) is 5.71. The summed E-state index contributed by atoms with van der Waals surface area (Å²) in [5, 5.41) is 0.480. The van der Waals surface area contributed by atoms with Gasteiger partial charge in [-0.1, -0.05) is 13.0 Å². The fraction of sp³-hybridized carbons (Fsp3) is 0.412. The molecule has 1 aromatic heterocycles. The molecule has 0 unspecified atom stereocenters. The molecule has 0 saturated carbocycles. The summed E-state index contributed by atoms with van der Waals surface area (Å²) in [4.78, 5) is 26.4. The van der Waals surface area contributed by atoms with Gasteiger partial charge >= 0.3 is 5.97 Å². The highest BCUT2D eigenvalue weighted by molar-refractivity contribution is 7.21. The lowest BCUT2D eigenvalue weighted by Crippen LogP contribution is -2.37. The van der Waals surface area contributed by atoms with Crippen molar-refractivity contribution in [2.45, 2.75) is 27.2 Å². The van der Waals surface area contributed by atoms with Crippen molar-refractivity contribution in [3.8, 4) is 0 Å². The molecular weight excluding hydrogens is 317 g/mol. The molecule has 0 aliphatic carbocycles. The van der Waals surface area contributed by atoms with E-state index < -0.39 is 5.97 Å². The number of esters is 1. The van der Waals surface area contributed by atoms with Gasteiger partial charge in [-0.05, 0) is 38.0 Å². The van der Waals surface area contributed by atoms with Gasteiger partial charge in [0.2, 0.25) is 0 Å². The molecule has 4 nitrogen and oxygen atoms in total. The highest BCUT2D eigenvalue weighted by Crippen LogP contribution is 2.33. The van der Waals surface area contributed by atoms with E-state index in [9.17, 15) is 14.0 Å². The first-order valence-corrected chi connectivity index (χ1v) is 8.43. The van der Waals surface area contributed by atoms with Crippen LogP contribution in [0.1, 0.15) is 35.5 Å². The van der Waals surface area contributed by atoms with Gasteiger partial charge in [-0.2, -0.15) is 0 Å². The van der Waals surface area contributed by atoms with Gasteiger partial charge in [-0.25, -0.2) is 4.39 Å². The summed E-state index contributed by atoms with van der Waals surface area (Å²) in [6, 6.07) is 4.81. The number of halogens is 1. The van der Waals surface area contributed by atoms with Crippen molar-refractivity contribution in [3.05, 3.63) is 34.5 Å². The highest BCUT2D eigenvalue weighted by atomic mass is 32.1. The minimum absolute atomic E-state index is 0.0866. The van der Waals surface area contributed by atoms with E-state index in [2.05, 4.69) is 0 Å². The minimum atomic E-state index is -0.431. The Labute approximate surface area is 138 Å². The zero-order chi connectivity index (χ0) is 17.0. The number of ether oxygens (including phenoxy) is 1. The number of amides is 1. The van der Waals surface area contributed by atoms with Crippen LogP contribution < -0.4 is 0 Å². The maximum atomic E-state index is 14.0. The number of thiophene rings is 1. The molecule has 6 heteroatoms. The zero-order valence-corrected chi connectivity index (χ0v) is 14.3. The van der Waals surface area contributed by atoms with E-state index in [1.165, 1.54) is 22.3 Å². The van der Waals surface area contributed by atoms with Gasteiger partial charge < -0.3 is 9.64 Å². The summed E-state index contributed by atoms with van der Waals surface area (Å²) in [6.07, 6.45) is 0.726. The van der Waals surface area contributed by atoms with Crippen LogP contribution in [-0.4, -0.2) is 36.5 Å². The van der Waals surface area contributed by atoms with Crippen molar-refractivity contribution in [2.24, 2.45) is 0 Å². The minimum Gasteiger partial charge on any atom is -0.465 e. The fourth-order valence-electron chi connectivity index (χ4n) is 2.49. The maximum absolute atomic E-state index is 14.0. The molecule has 0 fully saturated rings. The number of aryl methyl sites for hydroxylation is 1. The molecule has 23 heavy (non-hydrogen) atoms. The fourth-order valence-corrected chi connectivity index (χ4v) is 3.68. The van der Waals surface area contributed by atoms with Crippen LogP contribution in [0.2, 0.25) is 0 Å².